The summed E-state index contributed by atoms with van der Waals surface area (Å²) in [6.45, 7) is 4.42. The van der Waals surface area contributed by atoms with Crippen LogP contribution in [0, 0.1) is 11.8 Å². The van der Waals surface area contributed by atoms with Gasteiger partial charge in [-0.15, -0.1) is 0 Å². The lowest BCUT2D eigenvalue weighted by molar-refractivity contribution is -0.129. The number of carbonyl (C=O) groups is 2. The SMILES string of the molecule is CCCCCCCC[C@@H]1C[C@@H]1C(=O)NNC(=O)CCCCCCC. The van der Waals surface area contributed by atoms with E-state index in [2.05, 4.69) is 24.7 Å². The van der Waals surface area contributed by atoms with Crippen LogP contribution >= 0.6 is 0 Å². The summed E-state index contributed by atoms with van der Waals surface area (Å²) in [5.41, 5.74) is 5.17. The molecule has 1 aliphatic rings. The number of carbonyl (C=O) groups excluding carboxylic acids is 2. The van der Waals surface area contributed by atoms with Crippen LogP contribution in [0.2, 0.25) is 0 Å². The molecule has 140 valence electrons. The van der Waals surface area contributed by atoms with Crippen molar-refractivity contribution < 1.29 is 9.59 Å². The first kappa shape index (κ1) is 21.0. The maximum atomic E-state index is 12.0. The van der Waals surface area contributed by atoms with E-state index >= 15 is 0 Å². The van der Waals surface area contributed by atoms with Crippen LogP contribution < -0.4 is 10.9 Å². The zero-order valence-corrected chi connectivity index (χ0v) is 15.9. The van der Waals surface area contributed by atoms with E-state index in [0.29, 0.717) is 12.3 Å². The fourth-order valence-corrected chi connectivity index (χ4v) is 3.25. The highest BCUT2D eigenvalue weighted by molar-refractivity contribution is 5.85. The van der Waals surface area contributed by atoms with Gasteiger partial charge in [-0.05, 0) is 25.2 Å². The van der Waals surface area contributed by atoms with Crippen molar-refractivity contribution in [2.45, 2.75) is 104 Å². The van der Waals surface area contributed by atoms with Crippen LogP contribution in [0.4, 0.5) is 0 Å². The topological polar surface area (TPSA) is 58.2 Å². The lowest BCUT2D eigenvalue weighted by atomic mass is 10.1. The lowest BCUT2D eigenvalue weighted by Gasteiger charge is -2.07. The Hall–Kier alpha value is -1.06. The standard InChI is InChI=1S/C20H38N2O2/c1-3-5-7-9-11-12-14-17-16-18(17)20(24)22-21-19(23)15-13-10-8-6-4-2/h17-18H,3-16H2,1-2H3,(H,21,23)(H,22,24)/t17-,18+/m1/s1. The summed E-state index contributed by atoms with van der Waals surface area (Å²) in [4.78, 5) is 23.7. The maximum absolute atomic E-state index is 12.0. The fraction of sp³-hybridized carbons (Fsp3) is 0.900. The first-order chi connectivity index (χ1) is 11.7. The minimum atomic E-state index is -0.0621. The molecule has 0 radical (unpaired) electrons. The summed E-state index contributed by atoms with van der Waals surface area (Å²) in [6, 6.07) is 0. The number of unbranched alkanes of at least 4 members (excludes halogenated alkanes) is 9. The van der Waals surface area contributed by atoms with Crippen molar-refractivity contribution in [3.63, 3.8) is 0 Å². The number of amides is 2. The number of rotatable bonds is 14. The number of hydrogen-bond acceptors (Lipinski definition) is 2. The third-order valence-corrected chi connectivity index (χ3v) is 5.02. The molecule has 24 heavy (non-hydrogen) atoms. The van der Waals surface area contributed by atoms with Crippen LogP contribution in [0.3, 0.4) is 0 Å². The Balaban J connectivity index is 1.95. The van der Waals surface area contributed by atoms with Gasteiger partial charge in [0.05, 0.1) is 0 Å². The van der Waals surface area contributed by atoms with Gasteiger partial charge in [0.15, 0.2) is 0 Å². The predicted molar refractivity (Wildman–Crippen MR) is 99.3 cm³/mol. The fourth-order valence-electron chi connectivity index (χ4n) is 3.25. The van der Waals surface area contributed by atoms with E-state index in [0.717, 1.165) is 25.7 Å². The van der Waals surface area contributed by atoms with Gasteiger partial charge in [-0.1, -0.05) is 78.1 Å². The van der Waals surface area contributed by atoms with E-state index in [-0.39, 0.29) is 17.7 Å². The molecule has 1 aliphatic carbocycles. The second-order valence-electron chi connectivity index (χ2n) is 7.36. The minimum Gasteiger partial charge on any atom is -0.273 e. The molecular weight excluding hydrogens is 300 g/mol. The summed E-state index contributed by atoms with van der Waals surface area (Å²) in [5, 5.41) is 0. The van der Waals surface area contributed by atoms with Crippen molar-refractivity contribution in [2.24, 2.45) is 11.8 Å². The van der Waals surface area contributed by atoms with Crippen molar-refractivity contribution in [1.82, 2.24) is 10.9 Å². The Kier molecular flexibility index (Phi) is 11.6. The van der Waals surface area contributed by atoms with Crippen LogP contribution in [-0.2, 0) is 9.59 Å². The zero-order chi connectivity index (χ0) is 17.6. The van der Waals surface area contributed by atoms with Crippen molar-refractivity contribution in [3.8, 4) is 0 Å². The summed E-state index contributed by atoms with van der Waals surface area (Å²) < 4.78 is 0. The molecule has 2 atom stereocenters. The van der Waals surface area contributed by atoms with Crippen LogP contribution in [0.25, 0.3) is 0 Å². The van der Waals surface area contributed by atoms with Crippen molar-refractivity contribution in [1.29, 1.82) is 0 Å². The minimum absolute atomic E-state index is 0.00492. The molecule has 0 aromatic rings. The van der Waals surface area contributed by atoms with Gasteiger partial charge >= 0.3 is 0 Å². The largest absolute Gasteiger partial charge is 0.273 e. The summed E-state index contributed by atoms with van der Waals surface area (Å²) in [7, 11) is 0. The highest BCUT2D eigenvalue weighted by Gasteiger charge is 2.42. The molecule has 1 saturated carbocycles. The van der Waals surface area contributed by atoms with Crippen LogP contribution in [-0.4, -0.2) is 11.8 Å². The molecule has 0 bridgehead atoms. The Morgan fingerprint density at radius 3 is 2.04 bits per heavy atom. The average Bonchev–Trinajstić information content (AvgIpc) is 3.35. The van der Waals surface area contributed by atoms with Crippen LogP contribution in [0.5, 0.6) is 0 Å². The smallest absolute Gasteiger partial charge is 0.241 e. The molecule has 0 aromatic heterocycles. The lowest BCUT2D eigenvalue weighted by Crippen LogP contribution is -2.42. The van der Waals surface area contributed by atoms with Gasteiger partial charge in [0.2, 0.25) is 11.8 Å². The summed E-state index contributed by atoms with van der Waals surface area (Å²) in [6.07, 6.45) is 16.1. The van der Waals surface area contributed by atoms with Crippen molar-refractivity contribution in [3.05, 3.63) is 0 Å². The first-order valence-corrected chi connectivity index (χ1v) is 10.3. The van der Waals surface area contributed by atoms with Crippen LogP contribution in [0.15, 0.2) is 0 Å². The van der Waals surface area contributed by atoms with Crippen molar-refractivity contribution in [2.75, 3.05) is 0 Å². The molecule has 1 rings (SSSR count). The van der Waals surface area contributed by atoms with Gasteiger partial charge in [-0.2, -0.15) is 0 Å². The van der Waals surface area contributed by atoms with Gasteiger partial charge in [-0.25, -0.2) is 0 Å². The molecule has 4 nitrogen and oxygen atoms in total. The van der Waals surface area contributed by atoms with E-state index in [1.807, 2.05) is 0 Å². The number of nitrogens with one attached hydrogen (secondary N) is 2. The molecule has 0 spiro atoms. The molecule has 0 unspecified atom stereocenters. The number of hydrogen-bond donors (Lipinski definition) is 2. The Labute approximate surface area is 148 Å². The third-order valence-electron chi connectivity index (χ3n) is 5.02. The Morgan fingerprint density at radius 1 is 0.792 bits per heavy atom. The van der Waals surface area contributed by atoms with Gasteiger partial charge in [0.1, 0.15) is 0 Å². The normalized spacial score (nSPS) is 19.1. The second kappa shape index (κ2) is 13.3. The predicted octanol–water partition coefficient (Wildman–Crippen LogP) is 4.88. The van der Waals surface area contributed by atoms with E-state index in [9.17, 15) is 9.59 Å². The Bertz CT molecular complexity index is 358. The quantitative estimate of drug-likeness (QED) is 0.350. The zero-order valence-electron chi connectivity index (χ0n) is 15.9. The van der Waals surface area contributed by atoms with E-state index in [1.54, 1.807) is 0 Å². The third kappa shape index (κ3) is 9.94. The van der Waals surface area contributed by atoms with E-state index in [4.69, 9.17) is 0 Å². The molecular formula is C20H38N2O2. The summed E-state index contributed by atoms with van der Waals surface area (Å²) in [5.74, 6) is 0.617. The average molecular weight is 339 g/mol. The number of hydrazine groups is 1. The van der Waals surface area contributed by atoms with Gasteiger partial charge < -0.3 is 0 Å². The molecule has 2 N–H and O–H groups in total. The molecule has 4 heteroatoms. The molecule has 0 heterocycles. The molecule has 2 amide bonds. The monoisotopic (exact) mass is 338 g/mol. The molecule has 0 aromatic carbocycles. The first-order valence-electron chi connectivity index (χ1n) is 10.3. The highest BCUT2D eigenvalue weighted by atomic mass is 16.2. The van der Waals surface area contributed by atoms with Gasteiger partial charge in [0, 0.05) is 12.3 Å². The van der Waals surface area contributed by atoms with E-state index in [1.165, 1.54) is 57.8 Å². The molecule has 1 fully saturated rings. The highest BCUT2D eigenvalue weighted by Crippen LogP contribution is 2.42. The maximum Gasteiger partial charge on any atom is 0.241 e. The van der Waals surface area contributed by atoms with Gasteiger partial charge in [-0.3, -0.25) is 20.4 Å². The molecule has 0 aliphatic heterocycles. The van der Waals surface area contributed by atoms with Crippen molar-refractivity contribution >= 4 is 11.8 Å². The second-order valence-corrected chi connectivity index (χ2v) is 7.36. The summed E-state index contributed by atoms with van der Waals surface area (Å²) >= 11 is 0. The van der Waals surface area contributed by atoms with Gasteiger partial charge in [0.25, 0.3) is 0 Å². The van der Waals surface area contributed by atoms with Crippen LogP contribution in [0.1, 0.15) is 104 Å². The Morgan fingerprint density at radius 2 is 1.38 bits per heavy atom. The van der Waals surface area contributed by atoms with E-state index < -0.39 is 0 Å². The molecule has 0 saturated heterocycles.